The molecule has 6 aliphatic carbocycles. The minimum Gasteiger partial charge on any atom is -0.455 e. The Balaban J connectivity index is 1.45. The van der Waals surface area contributed by atoms with Crippen LogP contribution < -0.4 is 0 Å². The van der Waals surface area contributed by atoms with Gasteiger partial charge in [-0.15, -0.1) is 0 Å². The number of rotatable bonds is 2. The molecule has 0 aliphatic heterocycles. The molecule has 0 spiro atoms. The first kappa shape index (κ1) is 6.65. The second-order valence-corrected chi connectivity index (χ2v) is 5.66. The van der Waals surface area contributed by atoms with Gasteiger partial charge in [-0.2, -0.15) is 0 Å². The zero-order valence-electron chi connectivity index (χ0n) is 8.01. The van der Waals surface area contributed by atoms with Crippen molar-refractivity contribution in [1.29, 1.82) is 0 Å². The first-order valence-corrected chi connectivity index (χ1v) is 5.68. The zero-order valence-corrected chi connectivity index (χ0v) is 8.01. The Morgan fingerprint density at radius 3 is 2.21 bits per heavy atom. The lowest BCUT2D eigenvalue weighted by Gasteiger charge is -3.05. The molecule has 0 aromatic rings. The molecule has 14 heavy (non-hydrogen) atoms. The maximum absolute atomic E-state index is 11.4. The van der Waals surface area contributed by atoms with Crippen molar-refractivity contribution in [3.8, 4) is 0 Å². The van der Waals surface area contributed by atoms with E-state index in [4.69, 9.17) is 4.74 Å². The van der Waals surface area contributed by atoms with Crippen molar-refractivity contribution < 1.29 is 9.53 Å². The molecule has 6 saturated carbocycles. The van der Waals surface area contributed by atoms with Crippen molar-refractivity contribution >= 4 is 5.97 Å². The Morgan fingerprint density at radius 1 is 1.14 bits per heavy atom. The predicted octanol–water partition coefficient (Wildman–Crippen LogP) is 1.23. The lowest BCUT2D eigenvalue weighted by atomic mass is 8.99. The van der Waals surface area contributed by atoms with Gasteiger partial charge in [0, 0.05) is 23.8 Å². The van der Waals surface area contributed by atoms with Crippen molar-refractivity contribution in [1.82, 2.24) is 0 Å². The maximum Gasteiger partial charge on any atom is 0.330 e. The molecule has 0 unspecified atom stereocenters. The van der Waals surface area contributed by atoms with Gasteiger partial charge >= 0.3 is 5.97 Å². The molecule has 0 aromatic heterocycles. The average molecular weight is 188 g/mol. The van der Waals surface area contributed by atoms with E-state index in [0.717, 1.165) is 41.4 Å². The molecule has 0 bridgehead atoms. The Hall–Kier alpha value is -0.790. The second-order valence-electron chi connectivity index (χ2n) is 5.66. The van der Waals surface area contributed by atoms with Gasteiger partial charge in [-0.3, -0.25) is 0 Å². The predicted molar refractivity (Wildman–Crippen MR) is 48.1 cm³/mol. The zero-order chi connectivity index (χ0) is 9.24. The van der Waals surface area contributed by atoms with Crippen LogP contribution in [0.1, 0.15) is 6.92 Å². The van der Waals surface area contributed by atoms with Gasteiger partial charge in [0.15, 0.2) is 0 Å². The number of esters is 1. The van der Waals surface area contributed by atoms with E-state index in [1.807, 2.05) is 6.92 Å². The van der Waals surface area contributed by atoms with E-state index in [9.17, 15) is 4.79 Å². The third kappa shape index (κ3) is 0.312. The maximum atomic E-state index is 11.4. The summed E-state index contributed by atoms with van der Waals surface area (Å²) < 4.78 is 5.67. The largest absolute Gasteiger partial charge is 0.455 e. The molecule has 72 valence electrons. The standard InChI is InChI=1S/C12H12O2/c1-2-3-4(13)14-12-9-6-5-7(9)11(12)8(5)10(6)12/h2-3,5-11H,1H3. The van der Waals surface area contributed by atoms with Gasteiger partial charge in [-0.25, -0.2) is 4.79 Å². The quantitative estimate of drug-likeness (QED) is 0.481. The molecule has 6 fully saturated rings. The summed E-state index contributed by atoms with van der Waals surface area (Å²) >= 11 is 0. The van der Waals surface area contributed by atoms with Gasteiger partial charge in [0.2, 0.25) is 0 Å². The summed E-state index contributed by atoms with van der Waals surface area (Å²) in [5.41, 5.74) is 0.0886. The van der Waals surface area contributed by atoms with Crippen LogP contribution in [0, 0.1) is 41.4 Å². The molecule has 0 amide bonds. The van der Waals surface area contributed by atoms with Gasteiger partial charge in [-0.1, -0.05) is 6.08 Å². The minimum absolute atomic E-state index is 0.0886. The third-order valence-electron chi connectivity index (χ3n) is 5.96. The fourth-order valence-corrected chi connectivity index (χ4v) is 5.87. The van der Waals surface area contributed by atoms with Crippen LogP contribution >= 0.6 is 0 Å². The molecular weight excluding hydrogens is 176 g/mol. The lowest BCUT2D eigenvalue weighted by Crippen LogP contribution is -3.09. The molecule has 0 radical (unpaired) electrons. The van der Waals surface area contributed by atoms with E-state index < -0.39 is 0 Å². The number of hydrogen-bond donors (Lipinski definition) is 0. The van der Waals surface area contributed by atoms with Gasteiger partial charge in [0.1, 0.15) is 5.60 Å². The van der Waals surface area contributed by atoms with Gasteiger partial charge in [0.05, 0.1) is 0 Å². The summed E-state index contributed by atoms with van der Waals surface area (Å²) in [6.45, 7) is 1.86. The summed E-state index contributed by atoms with van der Waals surface area (Å²) in [4.78, 5) is 11.4. The van der Waals surface area contributed by atoms with Crippen LogP contribution in [0.4, 0.5) is 0 Å². The second kappa shape index (κ2) is 1.48. The van der Waals surface area contributed by atoms with E-state index in [2.05, 4.69) is 0 Å². The van der Waals surface area contributed by atoms with Crippen LogP contribution in [0.15, 0.2) is 12.2 Å². The molecule has 6 aliphatic rings. The molecule has 2 nitrogen and oxygen atoms in total. The van der Waals surface area contributed by atoms with E-state index >= 15 is 0 Å². The first-order valence-electron chi connectivity index (χ1n) is 5.68. The Kier molecular flexibility index (Phi) is 0.702. The number of carbonyl (C=O) groups excluding carboxylic acids is 1. The molecule has 0 N–H and O–H groups in total. The van der Waals surface area contributed by atoms with Crippen LogP contribution in [-0.2, 0) is 9.53 Å². The van der Waals surface area contributed by atoms with Gasteiger partial charge in [-0.05, 0) is 30.6 Å². The highest BCUT2D eigenvalue weighted by Gasteiger charge is 3.06. The minimum atomic E-state index is -0.108. The average Bonchev–Trinajstić information content (AvgIpc) is 2.18. The highest BCUT2D eigenvalue weighted by Crippen LogP contribution is 3.03. The van der Waals surface area contributed by atoms with Crippen LogP contribution in [0.2, 0.25) is 0 Å². The van der Waals surface area contributed by atoms with Crippen molar-refractivity contribution in [3.63, 3.8) is 0 Å². The van der Waals surface area contributed by atoms with Crippen molar-refractivity contribution in [2.45, 2.75) is 12.5 Å². The molecule has 0 saturated heterocycles. The molecular formula is C12H12O2. The van der Waals surface area contributed by atoms with Gasteiger partial charge < -0.3 is 4.74 Å². The van der Waals surface area contributed by atoms with Crippen LogP contribution in [0.5, 0.6) is 0 Å². The number of allylic oxidation sites excluding steroid dienone is 1. The molecule has 0 atom stereocenters. The lowest BCUT2D eigenvalue weighted by molar-refractivity contribution is -0.618. The summed E-state index contributed by atoms with van der Waals surface area (Å²) in [5, 5.41) is 0. The Bertz CT molecular complexity index is 358. The third-order valence-corrected chi connectivity index (χ3v) is 5.96. The van der Waals surface area contributed by atoms with Crippen LogP contribution in [0.25, 0.3) is 0 Å². The van der Waals surface area contributed by atoms with E-state index in [-0.39, 0.29) is 11.6 Å². The van der Waals surface area contributed by atoms with Crippen molar-refractivity contribution in [2.24, 2.45) is 41.4 Å². The Labute approximate surface area is 82.3 Å². The summed E-state index contributed by atoms with van der Waals surface area (Å²) in [6, 6.07) is 0. The molecule has 0 heterocycles. The smallest absolute Gasteiger partial charge is 0.330 e. The monoisotopic (exact) mass is 188 g/mol. The van der Waals surface area contributed by atoms with Gasteiger partial charge in [0.25, 0.3) is 0 Å². The summed E-state index contributed by atoms with van der Waals surface area (Å²) in [5.74, 6) is 6.39. The summed E-state index contributed by atoms with van der Waals surface area (Å²) in [7, 11) is 0. The fourth-order valence-electron chi connectivity index (χ4n) is 5.87. The van der Waals surface area contributed by atoms with Crippen LogP contribution in [0.3, 0.4) is 0 Å². The van der Waals surface area contributed by atoms with E-state index in [1.165, 1.54) is 0 Å². The van der Waals surface area contributed by atoms with Crippen LogP contribution in [-0.4, -0.2) is 11.6 Å². The molecule has 0 aromatic carbocycles. The SMILES string of the molecule is CC=CC(=O)OC12C3C4C5C3C1C5C42. The number of ether oxygens (including phenoxy) is 1. The van der Waals surface area contributed by atoms with E-state index in [1.54, 1.807) is 12.2 Å². The molecule has 6 rings (SSSR count). The Morgan fingerprint density at radius 2 is 1.71 bits per heavy atom. The molecule has 2 heteroatoms. The fraction of sp³-hybridized carbons (Fsp3) is 0.750. The highest BCUT2D eigenvalue weighted by molar-refractivity contribution is 5.83. The highest BCUT2D eigenvalue weighted by atomic mass is 16.6. The first-order chi connectivity index (χ1) is 6.82. The number of carbonyl (C=O) groups is 1. The normalized spacial score (nSPS) is 72.2. The topological polar surface area (TPSA) is 26.3 Å². The summed E-state index contributed by atoms with van der Waals surface area (Å²) in [6.07, 6.45) is 3.32. The van der Waals surface area contributed by atoms with Crippen molar-refractivity contribution in [3.05, 3.63) is 12.2 Å². The van der Waals surface area contributed by atoms with E-state index in [0.29, 0.717) is 0 Å². The number of hydrogen-bond acceptors (Lipinski definition) is 2. The van der Waals surface area contributed by atoms with Crippen molar-refractivity contribution in [2.75, 3.05) is 0 Å².